The summed E-state index contributed by atoms with van der Waals surface area (Å²) in [6.07, 6.45) is 1.91. The van der Waals surface area contributed by atoms with Crippen molar-refractivity contribution in [1.29, 1.82) is 0 Å². The van der Waals surface area contributed by atoms with Gasteiger partial charge in [-0.05, 0) is 38.8 Å². The number of para-hydroxylation sites is 2. The molecule has 2 aliphatic heterocycles. The molecule has 0 aromatic heterocycles. The Balaban J connectivity index is 1.50. The molecule has 0 saturated carbocycles. The second kappa shape index (κ2) is 9.12. The van der Waals surface area contributed by atoms with Crippen LogP contribution in [0.2, 0.25) is 0 Å². The third-order valence-electron chi connectivity index (χ3n) is 5.33. The van der Waals surface area contributed by atoms with Crippen molar-refractivity contribution in [2.75, 3.05) is 57.4 Å². The van der Waals surface area contributed by atoms with Crippen molar-refractivity contribution in [2.24, 2.45) is 0 Å². The van der Waals surface area contributed by atoms with Gasteiger partial charge in [0.2, 0.25) is 0 Å². The van der Waals surface area contributed by atoms with E-state index in [0.29, 0.717) is 19.3 Å². The van der Waals surface area contributed by atoms with Gasteiger partial charge in [-0.2, -0.15) is 0 Å². The van der Waals surface area contributed by atoms with E-state index in [9.17, 15) is 4.79 Å². The van der Waals surface area contributed by atoms with Crippen LogP contribution in [0, 0.1) is 0 Å². The quantitative estimate of drug-likeness (QED) is 0.807. The molecule has 2 fully saturated rings. The molecule has 6 heteroatoms. The van der Waals surface area contributed by atoms with Gasteiger partial charge in [-0.25, -0.2) is 4.79 Å². The lowest BCUT2D eigenvalue weighted by atomic mass is 10.0. The minimum atomic E-state index is -0.164. The first-order valence-electron chi connectivity index (χ1n) is 9.85. The molecule has 0 bridgehead atoms. The lowest BCUT2D eigenvalue weighted by Crippen LogP contribution is -2.53. The summed E-state index contributed by atoms with van der Waals surface area (Å²) in [5.74, 6) is 0.978. The fourth-order valence-electron chi connectivity index (χ4n) is 3.95. The summed E-state index contributed by atoms with van der Waals surface area (Å²) < 4.78 is 10.9. The number of nitrogens with zero attached hydrogens (tertiary/aromatic N) is 3. The molecule has 1 aromatic rings. The van der Waals surface area contributed by atoms with E-state index in [0.717, 1.165) is 57.9 Å². The molecule has 1 amide bonds. The van der Waals surface area contributed by atoms with Crippen molar-refractivity contribution in [3.63, 3.8) is 0 Å². The van der Waals surface area contributed by atoms with Crippen molar-refractivity contribution in [2.45, 2.75) is 32.7 Å². The highest BCUT2D eigenvalue weighted by Crippen LogP contribution is 2.29. The fraction of sp³-hybridized carbons (Fsp3) is 0.650. The summed E-state index contributed by atoms with van der Waals surface area (Å²) >= 11 is 0. The average molecular weight is 361 g/mol. The second-order valence-corrected chi connectivity index (χ2v) is 6.84. The van der Waals surface area contributed by atoms with Gasteiger partial charge in [-0.3, -0.25) is 4.90 Å². The zero-order valence-electron chi connectivity index (χ0n) is 16.0. The van der Waals surface area contributed by atoms with E-state index in [4.69, 9.17) is 9.47 Å². The molecule has 0 unspecified atom stereocenters. The molecule has 6 nitrogen and oxygen atoms in total. The number of hydrogen-bond donors (Lipinski definition) is 0. The molecule has 1 aromatic carbocycles. The van der Waals surface area contributed by atoms with Crippen LogP contribution in [-0.2, 0) is 4.74 Å². The van der Waals surface area contributed by atoms with Crippen molar-refractivity contribution >= 4 is 11.8 Å². The van der Waals surface area contributed by atoms with Gasteiger partial charge in [-0.15, -0.1) is 0 Å². The molecule has 26 heavy (non-hydrogen) atoms. The molecule has 2 aliphatic rings. The lowest BCUT2D eigenvalue weighted by Gasteiger charge is -2.43. The fourth-order valence-corrected chi connectivity index (χ4v) is 3.95. The number of carbonyl (C=O) groups is 1. The molecule has 0 radical (unpaired) electrons. The summed E-state index contributed by atoms with van der Waals surface area (Å²) in [5.41, 5.74) is 1.20. The van der Waals surface area contributed by atoms with Crippen LogP contribution in [0.25, 0.3) is 0 Å². The largest absolute Gasteiger partial charge is 0.492 e. The van der Waals surface area contributed by atoms with E-state index in [1.807, 2.05) is 24.8 Å². The zero-order valence-corrected chi connectivity index (χ0v) is 16.0. The molecular weight excluding hydrogens is 330 g/mol. The highest BCUT2D eigenvalue weighted by molar-refractivity contribution is 5.67. The van der Waals surface area contributed by atoms with Gasteiger partial charge in [-0.1, -0.05) is 12.1 Å². The molecule has 2 heterocycles. The average Bonchev–Trinajstić information content (AvgIpc) is 2.69. The standard InChI is InChI=1S/C20H31N3O3/c1-3-25-19-8-6-5-7-18(19)22-15-13-21(14-16-22)17-9-11-23(12-10-17)20(24)26-4-2/h5-8,17H,3-4,9-16H2,1-2H3. The van der Waals surface area contributed by atoms with Crippen LogP contribution in [0.3, 0.4) is 0 Å². The number of rotatable bonds is 5. The Labute approximate surface area is 156 Å². The summed E-state index contributed by atoms with van der Waals surface area (Å²) in [7, 11) is 0. The maximum atomic E-state index is 11.8. The lowest BCUT2D eigenvalue weighted by molar-refractivity contribution is 0.0729. The van der Waals surface area contributed by atoms with Crippen LogP contribution >= 0.6 is 0 Å². The monoisotopic (exact) mass is 361 g/mol. The number of carbonyl (C=O) groups excluding carboxylic acids is 1. The Morgan fingerprint density at radius 2 is 1.69 bits per heavy atom. The second-order valence-electron chi connectivity index (χ2n) is 6.84. The summed E-state index contributed by atoms with van der Waals surface area (Å²) in [6.45, 7) is 10.8. The topological polar surface area (TPSA) is 45.2 Å². The van der Waals surface area contributed by atoms with Crippen molar-refractivity contribution < 1.29 is 14.3 Å². The van der Waals surface area contributed by atoms with E-state index in [1.54, 1.807) is 0 Å². The number of piperazine rings is 1. The Bertz CT molecular complexity index is 579. The van der Waals surface area contributed by atoms with Crippen molar-refractivity contribution in [3.8, 4) is 5.75 Å². The molecule has 144 valence electrons. The number of anilines is 1. The Morgan fingerprint density at radius 1 is 1.00 bits per heavy atom. The first-order chi connectivity index (χ1) is 12.7. The molecule has 3 rings (SSSR count). The smallest absolute Gasteiger partial charge is 0.409 e. The van der Waals surface area contributed by atoms with Gasteiger partial charge >= 0.3 is 6.09 Å². The van der Waals surface area contributed by atoms with Crippen LogP contribution < -0.4 is 9.64 Å². The predicted octanol–water partition coefficient (Wildman–Crippen LogP) is 2.83. The van der Waals surface area contributed by atoms with Crippen LogP contribution in [0.1, 0.15) is 26.7 Å². The Hall–Kier alpha value is -1.95. The van der Waals surface area contributed by atoms with Gasteiger partial charge in [0.25, 0.3) is 0 Å². The highest BCUT2D eigenvalue weighted by Gasteiger charge is 2.30. The first-order valence-corrected chi connectivity index (χ1v) is 9.85. The highest BCUT2D eigenvalue weighted by atomic mass is 16.6. The van der Waals surface area contributed by atoms with Crippen molar-refractivity contribution in [1.82, 2.24) is 9.80 Å². The van der Waals surface area contributed by atoms with Gasteiger partial charge in [0, 0.05) is 45.3 Å². The van der Waals surface area contributed by atoms with E-state index < -0.39 is 0 Å². The van der Waals surface area contributed by atoms with E-state index >= 15 is 0 Å². The Morgan fingerprint density at radius 3 is 2.35 bits per heavy atom. The number of amides is 1. The molecule has 2 saturated heterocycles. The molecular formula is C20H31N3O3. The summed E-state index contributed by atoms with van der Waals surface area (Å²) in [4.78, 5) is 18.7. The molecule has 0 spiro atoms. The molecule has 0 N–H and O–H groups in total. The molecule has 0 atom stereocenters. The summed E-state index contributed by atoms with van der Waals surface area (Å²) in [5, 5.41) is 0. The van der Waals surface area contributed by atoms with E-state index in [-0.39, 0.29) is 6.09 Å². The zero-order chi connectivity index (χ0) is 18.4. The third-order valence-corrected chi connectivity index (χ3v) is 5.33. The maximum Gasteiger partial charge on any atom is 0.409 e. The first kappa shape index (κ1) is 18.8. The SMILES string of the molecule is CCOC(=O)N1CCC(N2CCN(c3ccccc3OCC)CC2)CC1. The number of piperidine rings is 1. The molecule has 0 aliphatic carbocycles. The van der Waals surface area contributed by atoms with Crippen LogP contribution in [0.4, 0.5) is 10.5 Å². The third kappa shape index (κ3) is 4.41. The van der Waals surface area contributed by atoms with Crippen LogP contribution in [-0.4, -0.2) is 74.4 Å². The number of ether oxygens (including phenoxy) is 2. The van der Waals surface area contributed by atoms with Crippen molar-refractivity contribution in [3.05, 3.63) is 24.3 Å². The predicted molar refractivity (Wildman–Crippen MR) is 103 cm³/mol. The minimum absolute atomic E-state index is 0.164. The Kier molecular flexibility index (Phi) is 6.61. The van der Waals surface area contributed by atoms with Gasteiger partial charge in [0.15, 0.2) is 0 Å². The number of hydrogen-bond acceptors (Lipinski definition) is 5. The van der Waals surface area contributed by atoms with Gasteiger partial charge in [0.1, 0.15) is 5.75 Å². The van der Waals surface area contributed by atoms with E-state index in [2.05, 4.69) is 28.0 Å². The normalized spacial score (nSPS) is 19.5. The number of likely N-dealkylation sites (tertiary alicyclic amines) is 1. The van der Waals surface area contributed by atoms with E-state index in [1.165, 1.54) is 5.69 Å². The van der Waals surface area contributed by atoms with Gasteiger partial charge in [0.05, 0.1) is 18.9 Å². The van der Waals surface area contributed by atoms with Crippen LogP contribution in [0.5, 0.6) is 5.75 Å². The maximum absolute atomic E-state index is 11.8. The minimum Gasteiger partial charge on any atom is -0.492 e. The van der Waals surface area contributed by atoms with Gasteiger partial charge < -0.3 is 19.3 Å². The summed E-state index contributed by atoms with van der Waals surface area (Å²) in [6, 6.07) is 8.89. The number of benzene rings is 1. The van der Waals surface area contributed by atoms with Crippen LogP contribution in [0.15, 0.2) is 24.3 Å².